The van der Waals surface area contributed by atoms with Gasteiger partial charge in [-0.2, -0.15) is 15.4 Å². The minimum absolute atomic E-state index is 0.133. The van der Waals surface area contributed by atoms with Crippen molar-refractivity contribution in [2.45, 2.75) is 32.2 Å². The Kier molecular flexibility index (Phi) is 4.76. The van der Waals surface area contributed by atoms with Gasteiger partial charge >= 0.3 is 0 Å². The van der Waals surface area contributed by atoms with E-state index < -0.39 is 6.04 Å². The number of rotatable bonds is 6. The number of hydrogen-bond acceptors (Lipinski definition) is 4. The lowest BCUT2D eigenvalue weighted by Gasteiger charge is -2.10. The summed E-state index contributed by atoms with van der Waals surface area (Å²) >= 11 is 0. The van der Waals surface area contributed by atoms with Crippen LogP contribution in [0, 0.1) is 0 Å². The van der Waals surface area contributed by atoms with E-state index in [1.807, 2.05) is 0 Å². The average molecular weight is 211 g/mol. The number of H-pyrrole nitrogens is 1. The molecule has 1 heterocycles. The molecule has 15 heavy (non-hydrogen) atoms. The Balaban J connectivity index is 2.27. The van der Waals surface area contributed by atoms with Crippen LogP contribution in [0.15, 0.2) is 6.20 Å². The second kappa shape index (κ2) is 6.13. The fourth-order valence-corrected chi connectivity index (χ4v) is 1.16. The van der Waals surface area contributed by atoms with E-state index in [1.54, 1.807) is 6.20 Å². The molecule has 0 aliphatic rings. The molecule has 0 spiro atoms. The van der Waals surface area contributed by atoms with Gasteiger partial charge in [-0.05, 0) is 6.42 Å². The number of carbonyl (C=O) groups is 1. The van der Waals surface area contributed by atoms with E-state index in [2.05, 4.69) is 27.7 Å². The van der Waals surface area contributed by atoms with Crippen molar-refractivity contribution in [3.05, 3.63) is 11.9 Å². The lowest BCUT2D eigenvalue weighted by Crippen LogP contribution is -2.42. The lowest BCUT2D eigenvalue weighted by molar-refractivity contribution is -0.122. The van der Waals surface area contributed by atoms with Crippen molar-refractivity contribution in [3.63, 3.8) is 0 Å². The van der Waals surface area contributed by atoms with Gasteiger partial charge in [-0.15, -0.1) is 0 Å². The number of unbranched alkanes of at least 4 members (excludes halogenated alkanes) is 1. The predicted molar refractivity (Wildman–Crippen MR) is 56.0 cm³/mol. The molecule has 0 saturated carbocycles. The Bertz CT molecular complexity index is 285. The molecule has 6 heteroatoms. The van der Waals surface area contributed by atoms with E-state index in [1.165, 1.54) is 0 Å². The van der Waals surface area contributed by atoms with E-state index in [0.717, 1.165) is 12.8 Å². The van der Waals surface area contributed by atoms with Gasteiger partial charge in [-0.25, -0.2) is 0 Å². The number of amides is 1. The third kappa shape index (κ3) is 4.07. The highest BCUT2D eigenvalue weighted by atomic mass is 16.2. The minimum Gasteiger partial charge on any atom is -0.355 e. The van der Waals surface area contributed by atoms with Gasteiger partial charge in [0, 0.05) is 13.0 Å². The number of hydrogen-bond donors (Lipinski definition) is 3. The maximum Gasteiger partial charge on any atom is 0.237 e. The third-order valence-electron chi connectivity index (χ3n) is 2.06. The van der Waals surface area contributed by atoms with Crippen LogP contribution in [-0.4, -0.2) is 33.9 Å². The first-order valence-corrected chi connectivity index (χ1v) is 5.12. The monoisotopic (exact) mass is 211 g/mol. The highest BCUT2D eigenvalue weighted by molar-refractivity contribution is 5.81. The lowest BCUT2D eigenvalue weighted by atomic mass is 10.1. The van der Waals surface area contributed by atoms with Crippen LogP contribution >= 0.6 is 0 Å². The number of aromatic amines is 1. The van der Waals surface area contributed by atoms with Crippen LogP contribution in [0.1, 0.15) is 25.5 Å². The normalized spacial score (nSPS) is 12.4. The fourth-order valence-electron chi connectivity index (χ4n) is 1.16. The molecule has 0 aromatic carbocycles. The van der Waals surface area contributed by atoms with Crippen LogP contribution < -0.4 is 11.1 Å². The zero-order valence-electron chi connectivity index (χ0n) is 8.86. The molecule has 0 radical (unpaired) electrons. The van der Waals surface area contributed by atoms with Crippen molar-refractivity contribution in [2.75, 3.05) is 6.54 Å². The largest absolute Gasteiger partial charge is 0.355 e. The Morgan fingerprint density at radius 2 is 2.53 bits per heavy atom. The van der Waals surface area contributed by atoms with Gasteiger partial charge < -0.3 is 11.1 Å². The Morgan fingerprint density at radius 1 is 1.73 bits per heavy atom. The summed E-state index contributed by atoms with van der Waals surface area (Å²) in [4.78, 5) is 11.4. The van der Waals surface area contributed by atoms with Crippen molar-refractivity contribution >= 4 is 5.91 Å². The van der Waals surface area contributed by atoms with Crippen LogP contribution in [0.4, 0.5) is 0 Å². The number of nitrogens with one attached hydrogen (secondary N) is 2. The molecule has 6 nitrogen and oxygen atoms in total. The average Bonchev–Trinajstić information content (AvgIpc) is 2.70. The topological polar surface area (TPSA) is 96.7 Å². The number of nitrogens with two attached hydrogens (primary N) is 1. The molecule has 0 aliphatic heterocycles. The maximum atomic E-state index is 11.4. The van der Waals surface area contributed by atoms with Crippen LogP contribution in [-0.2, 0) is 11.2 Å². The molecule has 84 valence electrons. The van der Waals surface area contributed by atoms with Gasteiger partial charge in [-0.3, -0.25) is 4.79 Å². The smallest absolute Gasteiger partial charge is 0.237 e. The van der Waals surface area contributed by atoms with Gasteiger partial charge in [0.25, 0.3) is 0 Å². The summed E-state index contributed by atoms with van der Waals surface area (Å²) in [5.41, 5.74) is 6.40. The standard InChI is InChI=1S/C9H17N5O/c1-2-3-4-11-9(15)8(10)5-7-6-12-14-13-7/h6,8H,2-5,10H2,1H3,(H,11,15)(H,12,13,14). The first kappa shape index (κ1) is 11.6. The summed E-state index contributed by atoms with van der Waals surface area (Å²) in [6.45, 7) is 2.75. The van der Waals surface area contributed by atoms with Gasteiger partial charge in [0.1, 0.15) is 0 Å². The van der Waals surface area contributed by atoms with Gasteiger partial charge in [-0.1, -0.05) is 13.3 Å². The quantitative estimate of drug-likeness (QED) is 0.557. The SMILES string of the molecule is CCCCNC(=O)C(N)Cc1cn[nH]n1. The van der Waals surface area contributed by atoms with Crippen molar-refractivity contribution in [1.82, 2.24) is 20.7 Å². The van der Waals surface area contributed by atoms with Gasteiger partial charge in [0.05, 0.1) is 17.9 Å². The molecule has 1 rings (SSSR count). The number of aromatic nitrogens is 3. The zero-order valence-corrected chi connectivity index (χ0v) is 8.86. The molecule has 1 aromatic rings. The van der Waals surface area contributed by atoms with Crippen molar-refractivity contribution in [1.29, 1.82) is 0 Å². The van der Waals surface area contributed by atoms with Crippen LogP contribution in [0.3, 0.4) is 0 Å². The molecule has 1 atom stereocenters. The summed E-state index contributed by atoms with van der Waals surface area (Å²) in [6.07, 6.45) is 4.01. The van der Waals surface area contributed by atoms with Crippen molar-refractivity contribution in [3.8, 4) is 0 Å². The highest BCUT2D eigenvalue weighted by Crippen LogP contribution is 1.95. The molecule has 1 unspecified atom stereocenters. The van der Waals surface area contributed by atoms with Crippen LogP contribution in [0.2, 0.25) is 0 Å². The van der Waals surface area contributed by atoms with Crippen LogP contribution in [0.25, 0.3) is 0 Å². The molecule has 4 N–H and O–H groups in total. The summed E-state index contributed by atoms with van der Waals surface area (Å²) in [7, 11) is 0. The molecule has 1 aromatic heterocycles. The second-order valence-corrected chi connectivity index (χ2v) is 3.42. The van der Waals surface area contributed by atoms with E-state index in [-0.39, 0.29) is 5.91 Å². The Morgan fingerprint density at radius 3 is 3.13 bits per heavy atom. The van der Waals surface area contributed by atoms with Gasteiger partial charge in [0.15, 0.2) is 0 Å². The van der Waals surface area contributed by atoms with Gasteiger partial charge in [0.2, 0.25) is 5.91 Å². The summed E-state index contributed by atoms with van der Waals surface area (Å²) in [5.74, 6) is -0.133. The third-order valence-corrected chi connectivity index (χ3v) is 2.06. The van der Waals surface area contributed by atoms with Crippen LogP contribution in [0.5, 0.6) is 0 Å². The summed E-state index contributed by atoms with van der Waals surface area (Å²) in [6, 6.07) is -0.549. The van der Waals surface area contributed by atoms with E-state index in [0.29, 0.717) is 18.7 Å². The predicted octanol–water partition coefficient (Wildman–Crippen LogP) is -0.409. The zero-order chi connectivity index (χ0) is 11.1. The maximum absolute atomic E-state index is 11.4. The van der Waals surface area contributed by atoms with E-state index >= 15 is 0 Å². The fraction of sp³-hybridized carbons (Fsp3) is 0.667. The Hall–Kier alpha value is -1.43. The second-order valence-electron chi connectivity index (χ2n) is 3.42. The minimum atomic E-state index is -0.549. The molecule has 0 fully saturated rings. The molecule has 0 aliphatic carbocycles. The van der Waals surface area contributed by atoms with E-state index in [9.17, 15) is 4.79 Å². The van der Waals surface area contributed by atoms with E-state index in [4.69, 9.17) is 5.73 Å². The molecule has 0 bridgehead atoms. The van der Waals surface area contributed by atoms with Crippen molar-refractivity contribution in [2.24, 2.45) is 5.73 Å². The molecule has 0 saturated heterocycles. The first-order valence-electron chi connectivity index (χ1n) is 5.12. The summed E-state index contributed by atoms with van der Waals surface area (Å²) in [5, 5.41) is 12.7. The Labute approximate surface area is 88.6 Å². The van der Waals surface area contributed by atoms with Crippen molar-refractivity contribution < 1.29 is 4.79 Å². The number of carbonyl (C=O) groups excluding carboxylic acids is 1. The summed E-state index contributed by atoms with van der Waals surface area (Å²) < 4.78 is 0. The first-order chi connectivity index (χ1) is 7.24. The molecular weight excluding hydrogens is 194 g/mol. The molecular formula is C9H17N5O. The number of nitrogens with zero attached hydrogens (tertiary/aromatic N) is 2. The highest BCUT2D eigenvalue weighted by Gasteiger charge is 2.14. The molecule has 1 amide bonds.